The van der Waals surface area contributed by atoms with E-state index in [9.17, 15) is 0 Å². The first-order chi connectivity index (χ1) is 23.4. The number of ether oxygens (including phenoxy) is 1. The summed E-state index contributed by atoms with van der Waals surface area (Å²) < 4.78 is 8.53. The smallest absolute Gasteiger partial charge is 0.0946 e. The molecule has 3 heteroatoms. The van der Waals surface area contributed by atoms with E-state index < -0.39 is 0 Å². The van der Waals surface area contributed by atoms with Gasteiger partial charge in [-0.15, -0.1) is 0 Å². The Labute approximate surface area is 293 Å². The lowest BCUT2D eigenvalue weighted by atomic mass is 10.0. The first-order valence-electron chi connectivity index (χ1n) is 20.5. The van der Waals surface area contributed by atoms with Gasteiger partial charge in [-0.25, -0.2) is 4.98 Å². The molecule has 3 nitrogen and oxygen atoms in total. The zero-order valence-electron chi connectivity index (χ0n) is 31.4. The molecule has 1 aromatic rings. The Morgan fingerprint density at radius 3 is 1.32 bits per heavy atom. The Kier molecular flexibility index (Phi) is 33.9. The molecule has 270 valence electrons. The molecule has 0 spiro atoms. The molecule has 0 unspecified atom stereocenters. The minimum Gasteiger partial charge on any atom is -0.376 e. The molecule has 0 radical (unpaired) electrons. The van der Waals surface area contributed by atoms with Crippen LogP contribution in [0.3, 0.4) is 0 Å². The second-order valence-corrected chi connectivity index (χ2v) is 13.7. The van der Waals surface area contributed by atoms with E-state index in [4.69, 9.17) is 4.74 Å². The van der Waals surface area contributed by atoms with Gasteiger partial charge in [0.2, 0.25) is 0 Å². The Hall–Kier alpha value is -1.87. The van der Waals surface area contributed by atoms with Crippen molar-refractivity contribution in [2.45, 2.75) is 206 Å². The van der Waals surface area contributed by atoms with Crippen molar-refractivity contribution in [2.75, 3.05) is 6.61 Å². The molecular weight excluding hydrogens is 572 g/mol. The number of allylic oxidation sites excluding steroid dienone is 8. The van der Waals surface area contributed by atoms with Crippen LogP contribution in [0.1, 0.15) is 194 Å². The molecule has 0 fully saturated rings. The maximum atomic E-state index is 6.40. The number of nitrogens with zero attached hydrogens (tertiary/aromatic N) is 2. The van der Waals surface area contributed by atoms with Crippen LogP contribution in [-0.2, 0) is 11.3 Å². The van der Waals surface area contributed by atoms with Crippen molar-refractivity contribution < 1.29 is 4.74 Å². The lowest BCUT2D eigenvalue weighted by Crippen LogP contribution is -2.16. The van der Waals surface area contributed by atoms with E-state index in [2.05, 4.69) is 72.0 Å². The molecule has 0 atom stereocenters. The molecule has 0 aliphatic heterocycles. The maximum Gasteiger partial charge on any atom is 0.0946 e. The van der Waals surface area contributed by atoms with Crippen LogP contribution in [0.4, 0.5) is 0 Å². The van der Waals surface area contributed by atoms with Gasteiger partial charge in [0.1, 0.15) is 0 Å². The van der Waals surface area contributed by atoms with E-state index in [1.54, 1.807) is 0 Å². The molecule has 1 heterocycles. The number of unbranched alkanes of at least 4 members (excludes halogenated alkanes) is 20. The highest BCUT2D eigenvalue weighted by Gasteiger charge is 2.09. The van der Waals surface area contributed by atoms with E-state index in [1.807, 2.05) is 18.7 Å². The van der Waals surface area contributed by atoms with Crippen LogP contribution in [0.15, 0.2) is 67.3 Å². The average Bonchev–Trinajstić information content (AvgIpc) is 3.61. The fourth-order valence-electron chi connectivity index (χ4n) is 6.13. The standard InChI is InChI=1S/C44H78N2O/c1-3-5-7-9-11-13-15-17-19-21-23-25-27-29-31-33-35-37-44(47-42-41-46-40-39-45-43-46)38-36-34-32-30-28-26-24-22-20-18-16-14-12-10-8-6-4-2/h11-14,17-20,39-40,43-44H,3-10,15-16,21-38,41-42H2,1-2H3/b13-11+,14-12+,19-17+,20-18+. The molecule has 0 bridgehead atoms. The van der Waals surface area contributed by atoms with Crippen LogP contribution in [-0.4, -0.2) is 22.3 Å². The van der Waals surface area contributed by atoms with Crippen LogP contribution in [0.5, 0.6) is 0 Å². The Morgan fingerprint density at radius 1 is 0.511 bits per heavy atom. The van der Waals surface area contributed by atoms with Crippen molar-refractivity contribution in [1.29, 1.82) is 0 Å². The van der Waals surface area contributed by atoms with Crippen molar-refractivity contribution in [3.8, 4) is 0 Å². The summed E-state index contributed by atoms with van der Waals surface area (Å²) >= 11 is 0. The first-order valence-corrected chi connectivity index (χ1v) is 20.5. The van der Waals surface area contributed by atoms with Gasteiger partial charge in [0.15, 0.2) is 0 Å². The number of aromatic nitrogens is 2. The summed E-state index contributed by atoms with van der Waals surface area (Å²) in [5.41, 5.74) is 0. The third kappa shape index (κ3) is 32.5. The summed E-state index contributed by atoms with van der Waals surface area (Å²) in [6.45, 7) is 6.25. The van der Waals surface area contributed by atoms with E-state index in [1.165, 1.54) is 167 Å². The molecule has 0 saturated heterocycles. The van der Waals surface area contributed by atoms with Crippen LogP contribution in [0.25, 0.3) is 0 Å². The first kappa shape index (κ1) is 43.2. The minimum atomic E-state index is 0.425. The molecule has 0 aliphatic carbocycles. The molecule has 0 saturated carbocycles. The third-order valence-corrected chi connectivity index (χ3v) is 9.22. The number of rotatable bonds is 36. The zero-order valence-corrected chi connectivity index (χ0v) is 31.4. The van der Waals surface area contributed by atoms with Crippen molar-refractivity contribution in [3.63, 3.8) is 0 Å². The maximum absolute atomic E-state index is 6.40. The fraction of sp³-hybridized carbons (Fsp3) is 0.750. The lowest BCUT2D eigenvalue weighted by molar-refractivity contribution is 0.0333. The molecule has 0 aliphatic rings. The van der Waals surface area contributed by atoms with Gasteiger partial charge in [0.05, 0.1) is 19.0 Å². The normalized spacial score (nSPS) is 12.4. The predicted molar refractivity (Wildman–Crippen MR) is 209 cm³/mol. The molecule has 0 amide bonds. The van der Waals surface area contributed by atoms with Gasteiger partial charge < -0.3 is 9.30 Å². The number of hydrogen-bond acceptors (Lipinski definition) is 2. The summed E-state index contributed by atoms with van der Waals surface area (Å²) in [7, 11) is 0. The summed E-state index contributed by atoms with van der Waals surface area (Å²) in [6, 6.07) is 0. The van der Waals surface area contributed by atoms with Gasteiger partial charge in [0.25, 0.3) is 0 Å². The van der Waals surface area contributed by atoms with Gasteiger partial charge in [-0.1, -0.05) is 165 Å². The largest absolute Gasteiger partial charge is 0.376 e. The monoisotopic (exact) mass is 651 g/mol. The number of hydrogen-bond donors (Lipinski definition) is 0. The Morgan fingerprint density at radius 2 is 0.915 bits per heavy atom. The van der Waals surface area contributed by atoms with Gasteiger partial charge in [-0.05, 0) is 77.0 Å². The summed E-state index contributed by atoms with van der Waals surface area (Å²) in [6.07, 6.45) is 61.9. The second-order valence-electron chi connectivity index (χ2n) is 13.7. The average molecular weight is 651 g/mol. The fourth-order valence-corrected chi connectivity index (χ4v) is 6.13. The van der Waals surface area contributed by atoms with Gasteiger partial charge >= 0.3 is 0 Å². The molecule has 1 aromatic heterocycles. The number of imidazole rings is 1. The van der Waals surface area contributed by atoms with Gasteiger partial charge in [-0.3, -0.25) is 0 Å². The summed E-state index contributed by atoms with van der Waals surface area (Å²) in [5, 5.41) is 0. The molecule has 0 aromatic carbocycles. The highest BCUT2D eigenvalue weighted by Crippen LogP contribution is 2.18. The van der Waals surface area contributed by atoms with E-state index in [-0.39, 0.29) is 0 Å². The Balaban J connectivity index is 2.04. The topological polar surface area (TPSA) is 27.1 Å². The molecule has 47 heavy (non-hydrogen) atoms. The van der Waals surface area contributed by atoms with Gasteiger partial charge in [-0.2, -0.15) is 0 Å². The third-order valence-electron chi connectivity index (χ3n) is 9.22. The van der Waals surface area contributed by atoms with Crippen LogP contribution < -0.4 is 0 Å². The van der Waals surface area contributed by atoms with E-state index in [0.717, 1.165) is 26.0 Å². The van der Waals surface area contributed by atoms with Crippen LogP contribution in [0.2, 0.25) is 0 Å². The highest BCUT2D eigenvalue weighted by atomic mass is 16.5. The van der Waals surface area contributed by atoms with Crippen molar-refractivity contribution in [3.05, 3.63) is 67.3 Å². The molecule has 1 rings (SSSR count). The molecule has 0 N–H and O–H groups in total. The Bertz CT molecular complexity index is 787. The van der Waals surface area contributed by atoms with Crippen molar-refractivity contribution in [2.24, 2.45) is 0 Å². The summed E-state index contributed by atoms with van der Waals surface area (Å²) in [4.78, 5) is 4.17. The SMILES string of the molecule is CCCCC/C=C/C/C=C/CCCCCCCCCC(CCCCCCCCC/C=C/C/C=C/CCCCC)OCCn1ccnc1. The van der Waals surface area contributed by atoms with E-state index >= 15 is 0 Å². The predicted octanol–water partition coefficient (Wildman–Crippen LogP) is 14.5. The van der Waals surface area contributed by atoms with Crippen molar-refractivity contribution in [1.82, 2.24) is 9.55 Å². The zero-order chi connectivity index (χ0) is 33.6. The van der Waals surface area contributed by atoms with Crippen LogP contribution in [0, 0.1) is 0 Å². The van der Waals surface area contributed by atoms with Crippen LogP contribution >= 0.6 is 0 Å². The minimum absolute atomic E-state index is 0.425. The second kappa shape index (κ2) is 37.0. The van der Waals surface area contributed by atoms with Gasteiger partial charge in [0, 0.05) is 18.9 Å². The highest BCUT2D eigenvalue weighted by molar-refractivity contribution is 4.93. The van der Waals surface area contributed by atoms with Crippen molar-refractivity contribution >= 4 is 0 Å². The molecular formula is C44H78N2O. The lowest BCUT2D eigenvalue weighted by Gasteiger charge is -2.18. The quantitative estimate of drug-likeness (QED) is 0.0534. The van der Waals surface area contributed by atoms with E-state index in [0.29, 0.717) is 6.10 Å². The summed E-state index contributed by atoms with van der Waals surface area (Å²) in [5.74, 6) is 0.